The molecule has 1 aromatic heterocycles. The van der Waals surface area contributed by atoms with Crippen LogP contribution >= 0.6 is 11.8 Å². The van der Waals surface area contributed by atoms with Gasteiger partial charge in [-0.25, -0.2) is 4.68 Å². The first-order valence-corrected chi connectivity index (χ1v) is 7.15. The van der Waals surface area contributed by atoms with Crippen molar-refractivity contribution in [1.29, 1.82) is 0 Å². The molecule has 104 valence electrons. The first kappa shape index (κ1) is 14.0. The molecular formula is C12H18N4O2S. The lowest BCUT2D eigenvalue weighted by atomic mass is 9.92. The molecule has 0 saturated heterocycles. The molecule has 1 amide bonds. The predicted molar refractivity (Wildman–Crippen MR) is 72.5 cm³/mol. The Bertz CT molecular complexity index is 488. The lowest BCUT2D eigenvalue weighted by Crippen LogP contribution is -2.32. The van der Waals surface area contributed by atoms with Crippen LogP contribution in [0.2, 0.25) is 0 Å². The lowest BCUT2D eigenvalue weighted by Gasteiger charge is -2.34. The average Bonchev–Trinajstić information content (AvgIpc) is 2.72. The molecule has 6 nitrogen and oxygen atoms in total. The third-order valence-electron chi connectivity index (χ3n) is 3.33. The molecule has 0 N–H and O–H groups in total. The van der Waals surface area contributed by atoms with Crippen molar-refractivity contribution in [3.63, 3.8) is 0 Å². The van der Waals surface area contributed by atoms with Gasteiger partial charge < -0.3 is 4.90 Å². The lowest BCUT2D eigenvalue weighted by molar-refractivity contribution is -0.128. The van der Waals surface area contributed by atoms with E-state index in [0.29, 0.717) is 11.8 Å². The van der Waals surface area contributed by atoms with Gasteiger partial charge >= 0.3 is 0 Å². The number of amides is 1. The molecule has 0 bridgehead atoms. The molecule has 0 aliphatic heterocycles. The van der Waals surface area contributed by atoms with Crippen LogP contribution in [0.25, 0.3) is 0 Å². The van der Waals surface area contributed by atoms with Crippen molar-refractivity contribution in [3.05, 3.63) is 11.9 Å². The van der Waals surface area contributed by atoms with E-state index in [9.17, 15) is 9.59 Å². The van der Waals surface area contributed by atoms with Crippen LogP contribution in [0.4, 0.5) is 0 Å². The molecule has 1 aliphatic carbocycles. The maximum atomic E-state index is 11.2. The molecule has 2 rings (SSSR count). The molecule has 1 fully saturated rings. The third-order valence-corrected chi connectivity index (χ3v) is 4.51. The third kappa shape index (κ3) is 3.34. The number of rotatable bonds is 4. The second-order valence-corrected chi connectivity index (χ2v) is 6.27. The van der Waals surface area contributed by atoms with Gasteiger partial charge in [0.05, 0.1) is 18.8 Å². The average molecular weight is 282 g/mol. The molecular weight excluding hydrogens is 264 g/mol. The monoisotopic (exact) mass is 282 g/mol. The molecule has 0 aromatic carbocycles. The minimum absolute atomic E-state index is 0.00297. The summed E-state index contributed by atoms with van der Waals surface area (Å²) in [4.78, 5) is 23.9. The van der Waals surface area contributed by atoms with E-state index in [2.05, 4.69) is 10.3 Å². The van der Waals surface area contributed by atoms with Gasteiger partial charge in [0.15, 0.2) is 5.12 Å². The van der Waals surface area contributed by atoms with E-state index < -0.39 is 0 Å². The molecule has 7 heteroatoms. The minimum atomic E-state index is 0.00297. The van der Waals surface area contributed by atoms with Gasteiger partial charge in [-0.15, -0.1) is 5.10 Å². The summed E-state index contributed by atoms with van der Waals surface area (Å²) in [7, 11) is 1.74. The molecule has 19 heavy (non-hydrogen) atoms. The summed E-state index contributed by atoms with van der Waals surface area (Å²) in [6.07, 6.45) is 3.94. The maximum Gasteiger partial charge on any atom is 0.219 e. The number of thioether (sulfide) groups is 1. The fraction of sp³-hybridized carbons (Fsp3) is 0.667. The zero-order valence-electron chi connectivity index (χ0n) is 11.4. The Kier molecular flexibility index (Phi) is 4.24. The molecule has 1 saturated carbocycles. The van der Waals surface area contributed by atoms with Gasteiger partial charge in [0.1, 0.15) is 5.69 Å². The Balaban J connectivity index is 1.97. The van der Waals surface area contributed by atoms with Gasteiger partial charge in [0.25, 0.3) is 0 Å². The van der Waals surface area contributed by atoms with Crippen LogP contribution in [-0.2, 0) is 16.1 Å². The van der Waals surface area contributed by atoms with E-state index in [1.807, 2.05) is 10.9 Å². The molecule has 0 spiro atoms. The highest BCUT2D eigenvalue weighted by atomic mass is 32.2. The van der Waals surface area contributed by atoms with Gasteiger partial charge in [-0.2, -0.15) is 0 Å². The van der Waals surface area contributed by atoms with Crippen LogP contribution in [-0.4, -0.2) is 43.2 Å². The van der Waals surface area contributed by atoms with Gasteiger partial charge in [-0.1, -0.05) is 17.0 Å². The van der Waals surface area contributed by atoms with E-state index in [1.165, 1.54) is 18.7 Å². The van der Waals surface area contributed by atoms with Gasteiger partial charge in [0.2, 0.25) is 5.91 Å². The molecule has 0 radical (unpaired) electrons. The van der Waals surface area contributed by atoms with Crippen molar-refractivity contribution >= 4 is 22.8 Å². The smallest absolute Gasteiger partial charge is 0.219 e. The second kappa shape index (κ2) is 5.73. The Morgan fingerprint density at radius 1 is 1.47 bits per heavy atom. The minimum Gasteiger partial charge on any atom is -0.340 e. The molecule has 1 aromatic rings. The fourth-order valence-corrected chi connectivity index (χ4v) is 3.11. The van der Waals surface area contributed by atoms with Crippen LogP contribution in [0, 0.1) is 0 Å². The van der Waals surface area contributed by atoms with Crippen molar-refractivity contribution in [1.82, 2.24) is 19.9 Å². The topological polar surface area (TPSA) is 68.1 Å². The maximum absolute atomic E-state index is 11.2. The van der Waals surface area contributed by atoms with Crippen molar-refractivity contribution in [2.45, 2.75) is 44.5 Å². The van der Waals surface area contributed by atoms with E-state index in [0.717, 1.165) is 18.5 Å². The molecule has 2 unspecified atom stereocenters. The molecule has 1 heterocycles. The van der Waals surface area contributed by atoms with Crippen LogP contribution in [0.5, 0.6) is 0 Å². The summed E-state index contributed by atoms with van der Waals surface area (Å²) in [6, 6.07) is 0.248. The van der Waals surface area contributed by atoms with Crippen molar-refractivity contribution in [2.24, 2.45) is 0 Å². The van der Waals surface area contributed by atoms with Crippen LogP contribution < -0.4 is 0 Å². The van der Waals surface area contributed by atoms with Gasteiger partial charge in [0, 0.05) is 26.1 Å². The number of aromatic nitrogens is 3. The predicted octanol–water partition coefficient (Wildman–Crippen LogP) is 1.24. The van der Waals surface area contributed by atoms with Crippen LogP contribution in [0.1, 0.15) is 38.4 Å². The summed E-state index contributed by atoms with van der Waals surface area (Å²) >= 11 is 1.38. The number of nitrogens with zero attached hydrogens (tertiary/aromatic N) is 4. The molecule has 2 atom stereocenters. The second-order valence-electron chi connectivity index (χ2n) is 4.86. The largest absolute Gasteiger partial charge is 0.340 e. The normalized spacial score (nSPS) is 21.8. The highest BCUT2D eigenvalue weighted by Gasteiger charge is 2.34. The van der Waals surface area contributed by atoms with E-state index in [1.54, 1.807) is 18.9 Å². The summed E-state index contributed by atoms with van der Waals surface area (Å²) < 4.78 is 1.83. The number of carbonyl (C=O) groups is 2. The Morgan fingerprint density at radius 3 is 2.74 bits per heavy atom. The van der Waals surface area contributed by atoms with E-state index in [4.69, 9.17) is 0 Å². The molecule has 1 aliphatic rings. The van der Waals surface area contributed by atoms with Gasteiger partial charge in [-0.3, -0.25) is 9.59 Å². The number of carbonyl (C=O) groups excluding carboxylic acids is 2. The first-order chi connectivity index (χ1) is 8.97. The zero-order chi connectivity index (χ0) is 14.0. The number of hydrogen-bond acceptors (Lipinski definition) is 5. The Labute approximate surface area is 116 Å². The highest BCUT2D eigenvalue weighted by molar-refractivity contribution is 8.14. The standard InChI is InChI=1S/C12H18N4O2S/c1-8(17)15(3)6-10-7-16(14-13-10)11-4-5-12(11)19-9(2)18/h7,11-12H,4-6H2,1-3H3. The summed E-state index contributed by atoms with van der Waals surface area (Å²) in [5.41, 5.74) is 0.774. The Hall–Kier alpha value is -1.37. The highest BCUT2D eigenvalue weighted by Crippen LogP contribution is 2.40. The summed E-state index contributed by atoms with van der Waals surface area (Å²) in [6.45, 7) is 3.58. The van der Waals surface area contributed by atoms with Gasteiger partial charge in [-0.05, 0) is 12.8 Å². The zero-order valence-corrected chi connectivity index (χ0v) is 12.2. The first-order valence-electron chi connectivity index (χ1n) is 6.27. The van der Waals surface area contributed by atoms with Crippen molar-refractivity contribution < 1.29 is 9.59 Å². The van der Waals surface area contributed by atoms with E-state index in [-0.39, 0.29) is 17.1 Å². The summed E-state index contributed by atoms with van der Waals surface area (Å²) in [5.74, 6) is 0.00297. The Morgan fingerprint density at radius 2 is 2.21 bits per heavy atom. The van der Waals surface area contributed by atoms with Crippen molar-refractivity contribution in [3.8, 4) is 0 Å². The summed E-state index contributed by atoms with van der Waals surface area (Å²) in [5, 5.41) is 8.64. The van der Waals surface area contributed by atoms with Crippen molar-refractivity contribution in [2.75, 3.05) is 7.05 Å². The number of hydrogen-bond donors (Lipinski definition) is 0. The van der Waals surface area contributed by atoms with Crippen LogP contribution in [0.15, 0.2) is 6.20 Å². The van der Waals surface area contributed by atoms with E-state index >= 15 is 0 Å². The quantitative estimate of drug-likeness (QED) is 0.831. The fourth-order valence-electron chi connectivity index (χ4n) is 2.01. The SMILES string of the molecule is CC(=O)SC1CCC1n1cc(CN(C)C(C)=O)nn1. The van der Waals surface area contributed by atoms with Crippen LogP contribution in [0.3, 0.4) is 0 Å².